The smallest absolute Gasteiger partial charge is 0.0359 e. The maximum Gasteiger partial charge on any atom is 0.0359 e. The summed E-state index contributed by atoms with van der Waals surface area (Å²) in [6.07, 6.45) is 3.79. The molecule has 10 heavy (non-hydrogen) atoms. The van der Waals surface area contributed by atoms with E-state index in [1.165, 1.54) is 6.42 Å². The van der Waals surface area contributed by atoms with Crippen molar-refractivity contribution >= 4 is 21.6 Å². The van der Waals surface area contributed by atoms with Crippen LogP contribution < -0.4 is 0 Å². The number of allylic oxidation sites excluding steroid dienone is 1. The second-order valence-corrected chi connectivity index (χ2v) is 5.90. The Kier molecular flexibility index (Phi) is 1.57. The lowest BCUT2D eigenvalue weighted by Gasteiger charge is -2.20. The van der Waals surface area contributed by atoms with Crippen molar-refractivity contribution < 1.29 is 0 Å². The minimum Gasteiger partial charge on any atom is -0.0818 e. The number of hydrogen-bond acceptors (Lipinski definition) is 2. The van der Waals surface area contributed by atoms with Gasteiger partial charge in [0.15, 0.2) is 0 Å². The summed E-state index contributed by atoms with van der Waals surface area (Å²) in [5, 5.41) is 2.24. The molecule has 0 amide bonds. The highest BCUT2D eigenvalue weighted by molar-refractivity contribution is 8.78. The van der Waals surface area contributed by atoms with Crippen LogP contribution in [0, 0.1) is 11.8 Å². The van der Waals surface area contributed by atoms with Gasteiger partial charge in [-0.3, -0.25) is 0 Å². The van der Waals surface area contributed by atoms with Gasteiger partial charge >= 0.3 is 0 Å². The lowest BCUT2D eigenvalue weighted by Crippen LogP contribution is -2.14. The average Bonchev–Trinajstić information content (AvgIpc) is 2.61. The standard InChI is InChI=1S/C8H12S2/c1-6(2)8-5-7(8)3-4-9-10-8/h3-4,6-7H,5H2,1-2H3. The summed E-state index contributed by atoms with van der Waals surface area (Å²) in [6, 6.07) is 0. The summed E-state index contributed by atoms with van der Waals surface area (Å²) in [4.78, 5) is 0. The molecule has 0 saturated heterocycles. The quantitative estimate of drug-likeness (QED) is 0.557. The predicted molar refractivity (Wildman–Crippen MR) is 50.0 cm³/mol. The molecule has 1 heterocycles. The van der Waals surface area contributed by atoms with Crippen molar-refractivity contribution in [1.29, 1.82) is 0 Å². The molecule has 0 aromatic rings. The van der Waals surface area contributed by atoms with Crippen LogP contribution in [0.15, 0.2) is 11.5 Å². The predicted octanol–water partition coefficient (Wildman–Crippen LogP) is 3.31. The first-order chi connectivity index (χ1) is 4.76. The normalized spacial score (nSPS) is 43.7. The largest absolute Gasteiger partial charge is 0.0818 e. The minimum atomic E-state index is 0.638. The van der Waals surface area contributed by atoms with Crippen molar-refractivity contribution in [2.45, 2.75) is 25.0 Å². The molecule has 0 radical (unpaired) electrons. The fraction of sp³-hybridized carbons (Fsp3) is 0.750. The van der Waals surface area contributed by atoms with Crippen LogP contribution in [0.5, 0.6) is 0 Å². The first-order valence-corrected chi connectivity index (χ1v) is 5.98. The van der Waals surface area contributed by atoms with E-state index >= 15 is 0 Å². The molecule has 0 nitrogen and oxygen atoms in total. The topological polar surface area (TPSA) is 0 Å². The fourth-order valence-corrected chi connectivity index (χ4v) is 4.80. The SMILES string of the molecule is CC(C)C12CC1C=CSS2. The van der Waals surface area contributed by atoms with Crippen LogP contribution in [0.4, 0.5) is 0 Å². The van der Waals surface area contributed by atoms with E-state index in [1.807, 2.05) is 10.8 Å². The molecule has 0 bridgehead atoms. The Morgan fingerprint density at radius 3 is 2.90 bits per heavy atom. The maximum atomic E-state index is 2.38. The van der Waals surface area contributed by atoms with Gasteiger partial charge in [-0.25, -0.2) is 0 Å². The van der Waals surface area contributed by atoms with Crippen LogP contribution in [-0.2, 0) is 0 Å². The Labute approximate surface area is 70.2 Å². The molecule has 2 atom stereocenters. The minimum absolute atomic E-state index is 0.638. The second kappa shape index (κ2) is 2.21. The zero-order valence-corrected chi connectivity index (χ0v) is 7.97. The zero-order valence-electron chi connectivity index (χ0n) is 6.33. The molecule has 0 aromatic carbocycles. The van der Waals surface area contributed by atoms with Gasteiger partial charge in [-0.1, -0.05) is 41.5 Å². The molecule has 2 unspecified atom stereocenters. The van der Waals surface area contributed by atoms with E-state index in [0.29, 0.717) is 4.75 Å². The van der Waals surface area contributed by atoms with E-state index in [-0.39, 0.29) is 0 Å². The van der Waals surface area contributed by atoms with Crippen molar-refractivity contribution in [3.63, 3.8) is 0 Å². The Morgan fingerprint density at radius 2 is 2.40 bits per heavy atom. The Bertz CT molecular complexity index is 174. The van der Waals surface area contributed by atoms with Crippen molar-refractivity contribution in [3.8, 4) is 0 Å². The molecule has 2 heteroatoms. The molecule has 56 valence electrons. The molecular weight excluding hydrogens is 160 g/mol. The summed E-state index contributed by atoms with van der Waals surface area (Å²) < 4.78 is 0.638. The maximum absolute atomic E-state index is 2.38. The molecule has 1 aliphatic carbocycles. The van der Waals surface area contributed by atoms with E-state index in [9.17, 15) is 0 Å². The molecular formula is C8H12S2. The van der Waals surface area contributed by atoms with Crippen molar-refractivity contribution in [3.05, 3.63) is 11.5 Å². The highest BCUT2D eigenvalue weighted by Gasteiger charge is 2.56. The summed E-state index contributed by atoms with van der Waals surface area (Å²) in [7, 11) is 3.99. The summed E-state index contributed by atoms with van der Waals surface area (Å²) >= 11 is 0. The fourth-order valence-electron chi connectivity index (χ4n) is 1.62. The highest BCUT2D eigenvalue weighted by Crippen LogP contribution is 2.65. The Balaban J connectivity index is 2.15. The van der Waals surface area contributed by atoms with Gasteiger partial charge in [0.05, 0.1) is 0 Å². The first kappa shape index (κ1) is 7.11. The van der Waals surface area contributed by atoms with E-state index in [1.54, 1.807) is 0 Å². The van der Waals surface area contributed by atoms with Crippen LogP contribution in [0.25, 0.3) is 0 Å². The van der Waals surface area contributed by atoms with Gasteiger partial charge in [0.25, 0.3) is 0 Å². The third-order valence-corrected chi connectivity index (χ3v) is 5.72. The van der Waals surface area contributed by atoms with Gasteiger partial charge in [0, 0.05) is 4.75 Å². The molecule has 0 aromatic heterocycles. The third kappa shape index (κ3) is 0.850. The third-order valence-electron chi connectivity index (χ3n) is 2.55. The van der Waals surface area contributed by atoms with Crippen molar-refractivity contribution in [2.24, 2.45) is 11.8 Å². The highest BCUT2D eigenvalue weighted by atomic mass is 33.1. The molecule has 1 saturated carbocycles. The Morgan fingerprint density at radius 1 is 1.60 bits per heavy atom. The van der Waals surface area contributed by atoms with Crippen LogP contribution in [0.3, 0.4) is 0 Å². The second-order valence-electron chi connectivity index (χ2n) is 3.43. The van der Waals surface area contributed by atoms with Gasteiger partial charge in [-0.15, -0.1) is 0 Å². The van der Waals surface area contributed by atoms with Crippen molar-refractivity contribution in [1.82, 2.24) is 0 Å². The van der Waals surface area contributed by atoms with Gasteiger partial charge in [-0.05, 0) is 23.7 Å². The zero-order chi connectivity index (χ0) is 7.19. The van der Waals surface area contributed by atoms with E-state index in [4.69, 9.17) is 0 Å². The molecule has 0 N–H and O–H groups in total. The van der Waals surface area contributed by atoms with E-state index in [2.05, 4.69) is 36.1 Å². The molecule has 1 fully saturated rings. The summed E-state index contributed by atoms with van der Waals surface area (Å²) in [6.45, 7) is 4.68. The monoisotopic (exact) mass is 172 g/mol. The lowest BCUT2D eigenvalue weighted by atomic mass is 10.1. The Hall–Kier alpha value is 0.440. The van der Waals surface area contributed by atoms with Crippen LogP contribution in [0.1, 0.15) is 20.3 Å². The van der Waals surface area contributed by atoms with Gasteiger partial charge in [0.1, 0.15) is 0 Å². The number of hydrogen-bond donors (Lipinski definition) is 0. The van der Waals surface area contributed by atoms with Gasteiger partial charge in [-0.2, -0.15) is 0 Å². The average molecular weight is 172 g/mol. The van der Waals surface area contributed by atoms with Gasteiger partial charge in [0.2, 0.25) is 0 Å². The lowest BCUT2D eigenvalue weighted by molar-refractivity contribution is 0.585. The van der Waals surface area contributed by atoms with Crippen LogP contribution >= 0.6 is 21.6 Å². The molecule has 1 aliphatic heterocycles. The van der Waals surface area contributed by atoms with E-state index < -0.39 is 0 Å². The number of fused-ring (bicyclic) bond motifs is 1. The number of rotatable bonds is 1. The molecule has 2 rings (SSSR count). The first-order valence-electron chi connectivity index (χ1n) is 3.77. The van der Waals surface area contributed by atoms with Crippen LogP contribution in [0.2, 0.25) is 0 Å². The van der Waals surface area contributed by atoms with Crippen molar-refractivity contribution in [2.75, 3.05) is 0 Å². The van der Waals surface area contributed by atoms with E-state index in [0.717, 1.165) is 11.8 Å². The summed E-state index contributed by atoms with van der Waals surface area (Å²) in [5.41, 5.74) is 0. The summed E-state index contributed by atoms with van der Waals surface area (Å²) in [5.74, 6) is 1.75. The van der Waals surface area contributed by atoms with Gasteiger partial charge < -0.3 is 0 Å². The molecule has 2 aliphatic rings. The molecule has 0 spiro atoms. The van der Waals surface area contributed by atoms with Crippen LogP contribution in [-0.4, -0.2) is 4.75 Å².